The molecule has 0 bridgehead atoms. The van der Waals surface area contributed by atoms with E-state index in [1.54, 1.807) is 0 Å². The fourth-order valence-electron chi connectivity index (χ4n) is 1.54. The zero-order valence-electron chi connectivity index (χ0n) is 12.5. The van der Waals surface area contributed by atoms with Gasteiger partial charge in [-0.05, 0) is 45.5 Å². The summed E-state index contributed by atoms with van der Waals surface area (Å²) in [5.74, 6) is 5.92. The van der Waals surface area contributed by atoms with Gasteiger partial charge in [0.2, 0.25) is 0 Å². The molecule has 0 saturated carbocycles. The third kappa shape index (κ3) is 6.81. The first-order valence-electron chi connectivity index (χ1n) is 6.60. The Hall–Kier alpha value is -1.99. The molecule has 0 aliphatic rings. The van der Waals surface area contributed by atoms with Gasteiger partial charge in [-0.3, -0.25) is 0 Å². The Kier molecular flexibility index (Phi) is 6.08. The first-order chi connectivity index (χ1) is 9.40. The van der Waals surface area contributed by atoms with E-state index in [-0.39, 0.29) is 6.54 Å². The van der Waals surface area contributed by atoms with E-state index in [9.17, 15) is 4.79 Å². The number of carbonyl (C=O) groups is 1. The standard InChI is InChI=1S/C16H22N2O2/c1-16(2,3)20-15(19)18-10-6-9-13-7-5-8-14(11-13)12-17-4/h5,7-8,11,17H,10,12H2,1-4H3,(H,18,19). The van der Waals surface area contributed by atoms with Gasteiger partial charge >= 0.3 is 6.09 Å². The van der Waals surface area contributed by atoms with Crippen LogP contribution in [-0.2, 0) is 11.3 Å². The van der Waals surface area contributed by atoms with Crippen LogP contribution in [0.5, 0.6) is 0 Å². The normalized spacial score (nSPS) is 10.4. The van der Waals surface area contributed by atoms with Gasteiger partial charge in [0.25, 0.3) is 0 Å². The van der Waals surface area contributed by atoms with Crippen LogP contribution in [0.4, 0.5) is 4.79 Å². The van der Waals surface area contributed by atoms with Gasteiger partial charge in [0.05, 0.1) is 6.54 Å². The van der Waals surface area contributed by atoms with E-state index in [2.05, 4.69) is 22.5 Å². The minimum atomic E-state index is -0.487. The molecule has 0 aliphatic heterocycles. The molecule has 4 heteroatoms. The van der Waals surface area contributed by atoms with E-state index in [0.29, 0.717) is 0 Å². The molecule has 1 aromatic rings. The molecule has 0 atom stereocenters. The highest BCUT2D eigenvalue weighted by Gasteiger charge is 2.14. The summed E-state index contributed by atoms with van der Waals surface area (Å²) in [5.41, 5.74) is 1.63. The van der Waals surface area contributed by atoms with E-state index < -0.39 is 11.7 Å². The summed E-state index contributed by atoms with van der Waals surface area (Å²) < 4.78 is 5.11. The quantitative estimate of drug-likeness (QED) is 0.831. The van der Waals surface area contributed by atoms with Gasteiger partial charge in [-0.2, -0.15) is 0 Å². The van der Waals surface area contributed by atoms with Crippen molar-refractivity contribution in [2.75, 3.05) is 13.6 Å². The fourth-order valence-corrected chi connectivity index (χ4v) is 1.54. The first-order valence-corrected chi connectivity index (χ1v) is 6.60. The largest absolute Gasteiger partial charge is 0.444 e. The summed E-state index contributed by atoms with van der Waals surface area (Å²) in [6.45, 7) is 6.55. The van der Waals surface area contributed by atoms with Crippen molar-refractivity contribution in [1.29, 1.82) is 0 Å². The maximum Gasteiger partial charge on any atom is 0.408 e. The van der Waals surface area contributed by atoms with Crippen molar-refractivity contribution in [3.05, 3.63) is 35.4 Å². The lowest BCUT2D eigenvalue weighted by Gasteiger charge is -2.18. The zero-order valence-corrected chi connectivity index (χ0v) is 12.5. The highest BCUT2D eigenvalue weighted by molar-refractivity contribution is 5.68. The van der Waals surface area contributed by atoms with E-state index >= 15 is 0 Å². The number of amides is 1. The molecule has 0 saturated heterocycles. The molecule has 0 aliphatic carbocycles. The van der Waals surface area contributed by atoms with Gasteiger partial charge in [-0.1, -0.05) is 24.0 Å². The van der Waals surface area contributed by atoms with Crippen molar-refractivity contribution in [3.8, 4) is 11.8 Å². The van der Waals surface area contributed by atoms with Crippen molar-refractivity contribution in [2.45, 2.75) is 32.9 Å². The Bertz CT molecular complexity index is 507. The Morgan fingerprint density at radius 3 is 2.75 bits per heavy atom. The third-order valence-electron chi connectivity index (χ3n) is 2.26. The summed E-state index contributed by atoms with van der Waals surface area (Å²) >= 11 is 0. The zero-order chi connectivity index (χ0) is 15.0. The molecule has 1 aromatic carbocycles. The van der Waals surface area contributed by atoms with Crippen molar-refractivity contribution >= 4 is 6.09 Å². The maximum absolute atomic E-state index is 11.4. The Balaban J connectivity index is 2.46. The summed E-state index contributed by atoms with van der Waals surface area (Å²) in [6, 6.07) is 7.98. The number of benzene rings is 1. The molecule has 2 N–H and O–H groups in total. The molecule has 0 spiro atoms. The molecule has 0 radical (unpaired) electrons. The van der Waals surface area contributed by atoms with E-state index in [0.717, 1.165) is 12.1 Å². The van der Waals surface area contributed by atoms with E-state index in [4.69, 9.17) is 4.74 Å². The van der Waals surface area contributed by atoms with Gasteiger partial charge in [0.15, 0.2) is 0 Å². The lowest BCUT2D eigenvalue weighted by molar-refractivity contribution is 0.0535. The second-order valence-corrected chi connectivity index (χ2v) is 5.39. The van der Waals surface area contributed by atoms with Crippen LogP contribution in [0.2, 0.25) is 0 Å². The van der Waals surface area contributed by atoms with Gasteiger partial charge < -0.3 is 15.4 Å². The summed E-state index contributed by atoms with van der Waals surface area (Å²) in [5, 5.41) is 5.70. The highest BCUT2D eigenvalue weighted by atomic mass is 16.6. The Labute approximate surface area is 120 Å². The molecule has 0 aromatic heterocycles. The molecule has 0 unspecified atom stereocenters. The predicted octanol–water partition coefficient (Wildman–Crippen LogP) is 2.28. The minimum Gasteiger partial charge on any atom is -0.444 e. The van der Waals surface area contributed by atoms with Crippen LogP contribution in [0.1, 0.15) is 31.9 Å². The molecule has 108 valence electrons. The number of ether oxygens (including phenoxy) is 1. The monoisotopic (exact) mass is 274 g/mol. The van der Waals surface area contributed by atoms with Crippen LogP contribution in [-0.4, -0.2) is 25.3 Å². The summed E-state index contributed by atoms with van der Waals surface area (Å²) in [4.78, 5) is 11.4. The molecule has 0 heterocycles. The van der Waals surface area contributed by atoms with Crippen molar-refractivity contribution in [1.82, 2.24) is 10.6 Å². The fraction of sp³-hybridized carbons (Fsp3) is 0.438. The maximum atomic E-state index is 11.4. The molecule has 4 nitrogen and oxygen atoms in total. The van der Waals surface area contributed by atoms with Gasteiger partial charge in [-0.25, -0.2) is 4.79 Å². The summed E-state index contributed by atoms with van der Waals surface area (Å²) in [6.07, 6.45) is -0.448. The Morgan fingerprint density at radius 1 is 1.35 bits per heavy atom. The topological polar surface area (TPSA) is 50.4 Å². The van der Waals surface area contributed by atoms with Gasteiger partial charge in [0.1, 0.15) is 5.60 Å². The van der Waals surface area contributed by atoms with Crippen molar-refractivity contribution in [3.63, 3.8) is 0 Å². The molecule has 1 amide bonds. The molecular formula is C16H22N2O2. The van der Waals surface area contributed by atoms with Crippen molar-refractivity contribution in [2.24, 2.45) is 0 Å². The van der Waals surface area contributed by atoms with Crippen LogP contribution < -0.4 is 10.6 Å². The minimum absolute atomic E-state index is 0.269. The van der Waals surface area contributed by atoms with Crippen LogP contribution >= 0.6 is 0 Å². The molecule has 20 heavy (non-hydrogen) atoms. The Morgan fingerprint density at radius 2 is 2.10 bits per heavy atom. The number of rotatable bonds is 3. The summed E-state index contributed by atoms with van der Waals surface area (Å²) in [7, 11) is 1.91. The number of hydrogen-bond donors (Lipinski definition) is 2. The third-order valence-corrected chi connectivity index (χ3v) is 2.26. The SMILES string of the molecule is CNCc1cccc(C#CCNC(=O)OC(C)(C)C)c1. The van der Waals surface area contributed by atoms with Crippen LogP contribution in [0.15, 0.2) is 24.3 Å². The van der Waals surface area contributed by atoms with Crippen molar-refractivity contribution < 1.29 is 9.53 Å². The van der Waals surface area contributed by atoms with Crippen LogP contribution in [0, 0.1) is 11.8 Å². The number of alkyl carbamates (subject to hydrolysis) is 1. The molecule has 1 rings (SSSR count). The predicted molar refractivity (Wildman–Crippen MR) is 80.3 cm³/mol. The number of hydrogen-bond acceptors (Lipinski definition) is 3. The average molecular weight is 274 g/mol. The van der Waals surface area contributed by atoms with E-state index in [1.807, 2.05) is 52.1 Å². The lowest BCUT2D eigenvalue weighted by atomic mass is 10.1. The highest BCUT2D eigenvalue weighted by Crippen LogP contribution is 2.06. The molecule has 0 fully saturated rings. The van der Waals surface area contributed by atoms with Crippen LogP contribution in [0.25, 0.3) is 0 Å². The number of carbonyl (C=O) groups excluding carboxylic acids is 1. The smallest absolute Gasteiger partial charge is 0.408 e. The molecular weight excluding hydrogens is 252 g/mol. The average Bonchev–Trinajstić information content (AvgIpc) is 2.33. The van der Waals surface area contributed by atoms with E-state index in [1.165, 1.54) is 5.56 Å². The first kappa shape index (κ1) is 16.1. The van der Waals surface area contributed by atoms with Gasteiger partial charge in [-0.15, -0.1) is 0 Å². The second kappa shape index (κ2) is 7.56. The van der Waals surface area contributed by atoms with Gasteiger partial charge in [0, 0.05) is 12.1 Å². The lowest BCUT2D eigenvalue weighted by Crippen LogP contribution is -2.32. The van der Waals surface area contributed by atoms with Crippen LogP contribution in [0.3, 0.4) is 0 Å². The second-order valence-electron chi connectivity index (χ2n) is 5.39. The number of nitrogens with one attached hydrogen (secondary N) is 2.